The second-order valence-electron chi connectivity index (χ2n) is 8.53. The molecular weight excluding hydrogens is 403 g/mol. The number of hydrogen-bond donors (Lipinski definition) is 1. The fourth-order valence-electron chi connectivity index (χ4n) is 4.53. The van der Waals surface area contributed by atoms with Gasteiger partial charge in [-0.3, -0.25) is 0 Å². The lowest BCUT2D eigenvalue weighted by Crippen LogP contribution is -2.53. The van der Waals surface area contributed by atoms with E-state index in [9.17, 15) is 4.39 Å². The average Bonchev–Trinajstić information content (AvgIpc) is 2.80. The zero-order valence-electron chi connectivity index (χ0n) is 18.4. The molecular formula is C25H27FN6. The molecule has 32 heavy (non-hydrogen) atoms. The highest BCUT2D eigenvalue weighted by molar-refractivity contribution is 5.78. The monoisotopic (exact) mass is 430 g/mol. The fourth-order valence-corrected chi connectivity index (χ4v) is 4.53. The predicted molar refractivity (Wildman–Crippen MR) is 129 cm³/mol. The van der Waals surface area contributed by atoms with Crippen LogP contribution in [-0.2, 0) is 0 Å². The third-order valence-electron chi connectivity index (χ3n) is 6.13. The number of aromatic nitrogens is 2. The Morgan fingerprint density at radius 3 is 2.84 bits per heavy atom. The normalized spacial score (nSPS) is 17.0. The molecule has 2 aromatic heterocycles. The third-order valence-corrected chi connectivity index (χ3v) is 6.13. The van der Waals surface area contributed by atoms with Crippen LogP contribution in [0.3, 0.4) is 0 Å². The first-order valence-electron chi connectivity index (χ1n) is 10.9. The van der Waals surface area contributed by atoms with Crippen LogP contribution in [0.15, 0.2) is 67.1 Å². The van der Waals surface area contributed by atoms with Gasteiger partial charge in [0.2, 0.25) is 0 Å². The van der Waals surface area contributed by atoms with E-state index in [-0.39, 0.29) is 11.9 Å². The minimum atomic E-state index is -0.362. The van der Waals surface area contributed by atoms with Crippen LogP contribution in [0.4, 0.5) is 27.4 Å². The van der Waals surface area contributed by atoms with Crippen LogP contribution in [-0.4, -0.2) is 43.2 Å². The lowest BCUT2D eigenvalue weighted by molar-refractivity contribution is 0.472. The summed E-state index contributed by atoms with van der Waals surface area (Å²) in [6.45, 7) is 6.27. The highest BCUT2D eigenvalue weighted by atomic mass is 19.1. The summed E-state index contributed by atoms with van der Waals surface area (Å²) < 4.78 is 13.3. The summed E-state index contributed by atoms with van der Waals surface area (Å²) in [7, 11) is 4.07. The Morgan fingerprint density at radius 1 is 1.19 bits per heavy atom. The van der Waals surface area contributed by atoms with Gasteiger partial charge in [-0.05, 0) is 49.2 Å². The summed E-state index contributed by atoms with van der Waals surface area (Å²) in [5.41, 5.74) is 4.24. The molecule has 6 nitrogen and oxygen atoms in total. The maximum absolute atomic E-state index is 13.3. The molecule has 1 N–H and O–H groups in total. The SMILES string of the molecule is C=C(Nc1ccc(F)cn1)N1c2nc(-c3cccc(N(C)C)c3)ccc2N2CCC[C@@H]1C2. The van der Waals surface area contributed by atoms with Crippen LogP contribution in [0.2, 0.25) is 0 Å². The lowest BCUT2D eigenvalue weighted by Gasteiger charge is -2.47. The number of halogens is 1. The van der Waals surface area contributed by atoms with E-state index < -0.39 is 0 Å². The molecule has 7 heteroatoms. The number of benzene rings is 1. The maximum Gasteiger partial charge on any atom is 0.158 e. The molecule has 1 atom stereocenters. The van der Waals surface area contributed by atoms with Crippen LogP contribution in [0.5, 0.6) is 0 Å². The van der Waals surface area contributed by atoms with E-state index in [1.54, 1.807) is 6.07 Å². The van der Waals surface area contributed by atoms with Crippen LogP contribution >= 0.6 is 0 Å². The zero-order chi connectivity index (χ0) is 22.2. The molecule has 1 aromatic carbocycles. The lowest BCUT2D eigenvalue weighted by atomic mass is 9.99. The van der Waals surface area contributed by atoms with Gasteiger partial charge in [-0.15, -0.1) is 0 Å². The first kappa shape index (κ1) is 20.3. The molecule has 0 spiro atoms. The quantitative estimate of drug-likeness (QED) is 0.632. The van der Waals surface area contributed by atoms with Crippen molar-refractivity contribution < 1.29 is 4.39 Å². The molecule has 5 rings (SSSR count). The van der Waals surface area contributed by atoms with Crippen molar-refractivity contribution in [3.05, 3.63) is 72.9 Å². The van der Waals surface area contributed by atoms with Gasteiger partial charge in [0, 0.05) is 38.4 Å². The smallest absolute Gasteiger partial charge is 0.158 e. The van der Waals surface area contributed by atoms with E-state index in [1.807, 2.05) is 14.1 Å². The molecule has 2 aliphatic heterocycles. The molecule has 0 aliphatic carbocycles. The number of rotatable bonds is 5. The molecule has 4 heterocycles. The Morgan fingerprint density at radius 2 is 2.06 bits per heavy atom. The van der Waals surface area contributed by atoms with E-state index in [2.05, 4.69) is 68.0 Å². The van der Waals surface area contributed by atoms with Gasteiger partial charge in [-0.1, -0.05) is 18.7 Å². The summed E-state index contributed by atoms with van der Waals surface area (Å²) in [6, 6.07) is 15.9. The first-order valence-corrected chi connectivity index (χ1v) is 10.9. The van der Waals surface area contributed by atoms with Gasteiger partial charge < -0.3 is 20.0 Å². The molecule has 2 bridgehead atoms. The molecule has 1 saturated heterocycles. The van der Waals surface area contributed by atoms with Crippen molar-refractivity contribution in [2.75, 3.05) is 47.2 Å². The Bertz CT molecular complexity index is 1140. The molecule has 0 saturated carbocycles. The van der Waals surface area contributed by atoms with Crippen molar-refractivity contribution in [2.45, 2.75) is 18.9 Å². The number of fused-ring (bicyclic) bond motifs is 4. The van der Waals surface area contributed by atoms with Gasteiger partial charge in [-0.2, -0.15) is 0 Å². The van der Waals surface area contributed by atoms with Gasteiger partial charge in [0.15, 0.2) is 5.82 Å². The van der Waals surface area contributed by atoms with E-state index in [4.69, 9.17) is 4.98 Å². The van der Waals surface area contributed by atoms with Crippen molar-refractivity contribution in [1.29, 1.82) is 0 Å². The van der Waals surface area contributed by atoms with Gasteiger partial charge in [0.25, 0.3) is 0 Å². The van der Waals surface area contributed by atoms with Gasteiger partial charge in [-0.25, -0.2) is 14.4 Å². The molecule has 3 aromatic rings. The number of piperidine rings is 1. The van der Waals surface area contributed by atoms with Crippen LogP contribution in [0, 0.1) is 5.82 Å². The summed E-state index contributed by atoms with van der Waals surface area (Å²) in [5, 5.41) is 3.25. The first-order chi connectivity index (χ1) is 15.5. The minimum absolute atomic E-state index is 0.271. The molecule has 164 valence electrons. The maximum atomic E-state index is 13.3. The number of anilines is 4. The molecule has 1 fully saturated rings. The minimum Gasteiger partial charge on any atom is -0.378 e. The molecule has 0 radical (unpaired) electrons. The topological polar surface area (TPSA) is 47.5 Å². The number of nitrogens with one attached hydrogen (secondary N) is 1. The fraction of sp³-hybridized carbons (Fsp3) is 0.280. The van der Waals surface area contributed by atoms with Crippen molar-refractivity contribution in [2.24, 2.45) is 0 Å². The van der Waals surface area contributed by atoms with Gasteiger partial charge in [0.05, 0.1) is 23.6 Å². The summed E-state index contributed by atoms with van der Waals surface area (Å²) in [5.74, 6) is 1.79. The Kier molecular flexibility index (Phi) is 5.17. The molecule has 0 amide bonds. The van der Waals surface area contributed by atoms with Crippen LogP contribution in [0.25, 0.3) is 11.3 Å². The van der Waals surface area contributed by atoms with E-state index in [0.29, 0.717) is 11.6 Å². The largest absolute Gasteiger partial charge is 0.378 e. The summed E-state index contributed by atoms with van der Waals surface area (Å²) >= 11 is 0. The Balaban J connectivity index is 1.53. The molecule has 0 unspecified atom stereocenters. The second kappa shape index (κ2) is 8.15. The van der Waals surface area contributed by atoms with Crippen LogP contribution in [0.1, 0.15) is 12.8 Å². The Labute approximate surface area is 188 Å². The highest BCUT2D eigenvalue weighted by Gasteiger charge is 2.36. The van der Waals surface area contributed by atoms with Crippen LogP contribution < -0.4 is 20.0 Å². The van der Waals surface area contributed by atoms with E-state index >= 15 is 0 Å². The summed E-state index contributed by atoms with van der Waals surface area (Å²) in [6.07, 6.45) is 3.39. The van der Waals surface area contributed by atoms with Gasteiger partial charge >= 0.3 is 0 Å². The Hall–Kier alpha value is -3.61. The number of hydrogen-bond acceptors (Lipinski definition) is 6. The predicted octanol–water partition coefficient (Wildman–Crippen LogP) is 4.72. The second-order valence-corrected chi connectivity index (χ2v) is 8.53. The average molecular weight is 431 g/mol. The highest BCUT2D eigenvalue weighted by Crippen LogP contribution is 2.41. The van der Waals surface area contributed by atoms with Crippen molar-refractivity contribution >= 4 is 23.0 Å². The number of pyridine rings is 2. The number of nitrogens with zero attached hydrogens (tertiary/aromatic N) is 5. The molecule has 2 aliphatic rings. The zero-order valence-corrected chi connectivity index (χ0v) is 18.4. The van der Waals surface area contributed by atoms with E-state index in [0.717, 1.165) is 54.4 Å². The third kappa shape index (κ3) is 3.75. The van der Waals surface area contributed by atoms with Crippen molar-refractivity contribution in [3.8, 4) is 11.3 Å². The van der Waals surface area contributed by atoms with E-state index in [1.165, 1.54) is 12.3 Å². The summed E-state index contributed by atoms with van der Waals surface area (Å²) in [4.78, 5) is 15.9. The van der Waals surface area contributed by atoms with Crippen molar-refractivity contribution in [3.63, 3.8) is 0 Å². The van der Waals surface area contributed by atoms with Gasteiger partial charge in [0.1, 0.15) is 17.5 Å². The standard InChI is InChI=1S/C25H27FN6/c1-17(28-24-12-9-19(26)15-27-24)32-21-8-5-13-31(16-21)23-11-10-22(29-25(23)32)18-6-4-7-20(14-18)30(2)3/h4,6-7,9-12,14-15,21H,1,5,8,13,16H2,2-3H3,(H,27,28)/t21-/m1/s1. The van der Waals surface area contributed by atoms with Crippen molar-refractivity contribution in [1.82, 2.24) is 9.97 Å².